The van der Waals surface area contributed by atoms with Gasteiger partial charge >= 0.3 is 18.3 Å². The Labute approximate surface area is 276 Å². The minimum absolute atomic E-state index is 0.00146. The predicted molar refractivity (Wildman–Crippen MR) is 174 cm³/mol. The number of aromatic nitrogens is 2. The summed E-state index contributed by atoms with van der Waals surface area (Å²) >= 11 is 0. The molecule has 2 aromatic rings. The van der Waals surface area contributed by atoms with Crippen molar-refractivity contribution in [3.63, 3.8) is 0 Å². The molecule has 1 unspecified atom stereocenters. The molecule has 0 bridgehead atoms. The lowest BCUT2D eigenvalue weighted by molar-refractivity contribution is -0.990. The van der Waals surface area contributed by atoms with E-state index in [4.69, 9.17) is 18.8 Å². The number of fused-ring (bicyclic) bond motifs is 1. The van der Waals surface area contributed by atoms with E-state index < -0.39 is 34.7 Å². The number of quaternary nitrogens is 1. The summed E-state index contributed by atoms with van der Waals surface area (Å²) in [6, 6.07) is 3.11. The van der Waals surface area contributed by atoms with Gasteiger partial charge in [0.1, 0.15) is 11.2 Å². The molecule has 1 atom stereocenters. The molecule has 1 aromatic carbocycles. The molecule has 16 nitrogen and oxygen atoms in total. The number of hydrogen-bond donors (Lipinski definition) is 3. The molecule has 2 rings (SSSR count). The highest BCUT2D eigenvalue weighted by Gasteiger charge is 2.24. The largest absolute Gasteiger partial charge is 0.595 e. The van der Waals surface area contributed by atoms with Gasteiger partial charge in [-0.05, 0) is 90.5 Å². The van der Waals surface area contributed by atoms with Crippen LogP contribution in [0.25, 0.3) is 11.0 Å². The van der Waals surface area contributed by atoms with Crippen molar-refractivity contribution in [2.75, 3.05) is 51.2 Å². The van der Waals surface area contributed by atoms with Gasteiger partial charge < -0.3 is 39.4 Å². The Morgan fingerprint density at radius 3 is 2.02 bits per heavy atom. The second-order valence-corrected chi connectivity index (χ2v) is 13.2. The molecule has 1 heterocycles. The van der Waals surface area contributed by atoms with Crippen LogP contribution in [0, 0.1) is 5.21 Å². The molecule has 47 heavy (non-hydrogen) atoms. The number of hydrogen-bond acceptors (Lipinski definition) is 12. The van der Waals surface area contributed by atoms with Gasteiger partial charge in [-0.2, -0.15) is 5.23 Å². The highest BCUT2D eigenvalue weighted by atomic mass is 16.8. The first kappa shape index (κ1) is 39.0. The molecule has 0 saturated heterocycles. The zero-order valence-electron chi connectivity index (χ0n) is 28.9. The Morgan fingerprint density at radius 1 is 0.894 bits per heavy atom. The summed E-state index contributed by atoms with van der Waals surface area (Å²) in [6.45, 7) is 18.3. The fourth-order valence-corrected chi connectivity index (χ4v) is 4.46. The minimum atomic E-state index is -1.13. The number of ether oxygens (including phenoxy) is 3. The van der Waals surface area contributed by atoms with Gasteiger partial charge in [-0.1, -0.05) is 6.58 Å². The van der Waals surface area contributed by atoms with Crippen LogP contribution in [0.4, 0.5) is 25.8 Å². The van der Waals surface area contributed by atoms with E-state index in [1.807, 2.05) is 11.9 Å². The van der Waals surface area contributed by atoms with Crippen molar-refractivity contribution in [3.8, 4) is 0 Å². The Morgan fingerprint density at radius 2 is 1.45 bits per heavy atom. The van der Waals surface area contributed by atoms with Crippen LogP contribution >= 0.6 is 0 Å². The molecule has 1 aromatic heterocycles. The van der Waals surface area contributed by atoms with E-state index in [1.54, 1.807) is 64.3 Å². The minimum Gasteiger partial charge on any atom is -0.595 e. The van der Waals surface area contributed by atoms with Crippen LogP contribution in [0.5, 0.6) is 0 Å². The topological polar surface area (TPSA) is 187 Å². The maximum absolute atomic E-state index is 13.1. The number of allylic oxidation sites excluding steroid dienone is 1. The van der Waals surface area contributed by atoms with Crippen molar-refractivity contribution in [1.82, 2.24) is 25.4 Å². The van der Waals surface area contributed by atoms with Crippen molar-refractivity contribution in [2.24, 2.45) is 0 Å². The summed E-state index contributed by atoms with van der Waals surface area (Å²) in [5.74, 6) is 0.270. The van der Waals surface area contributed by atoms with Gasteiger partial charge in [-0.15, -0.1) is 0 Å². The van der Waals surface area contributed by atoms with Gasteiger partial charge in [0, 0.05) is 52.4 Å². The molecule has 0 aliphatic rings. The van der Waals surface area contributed by atoms with E-state index in [9.17, 15) is 24.8 Å². The predicted octanol–water partition coefficient (Wildman–Crippen LogP) is 4.36. The molecular formula is C31H51N7O9. The molecule has 3 N–H and O–H groups in total. The number of carbonyl (C=O) groups is 3. The highest BCUT2D eigenvalue weighted by Crippen LogP contribution is 2.27. The first-order chi connectivity index (χ1) is 21.9. The third-order valence-electron chi connectivity index (χ3n) is 6.51. The maximum atomic E-state index is 13.1. The van der Waals surface area contributed by atoms with E-state index in [0.717, 1.165) is 0 Å². The van der Waals surface area contributed by atoms with Crippen LogP contribution in [0.1, 0.15) is 74.1 Å². The molecule has 0 spiro atoms. The van der Waals surface area contributed by atoms with Crippen molar-refractivity contribution < 1.29 is 43.7 Å². The first-order valence-corrected chi connectivity index (χ1v) is 15.6. The fraction of sp³-hybridized carbons (Fsp3) is 0.645. The monoisotopic (exact) mass is 665 g/mol. The normalized spacial score (nSPS) is 12.3. The van der Waals surface area contributed by atoms with E-state index in [-0.39, 0.29) is 17.0 Å². The summed E-state index contributed by atoms with van der Waals surface area (Å²) in [7, 11) is 1.84. The Hall–Kier alpha value is -4.15. The van der Waals surface area contributed by atoms with E-state index >= 15 is 0 Å². The van der Waals surface area contributed by atoms with Crippen molar-refractivity contribution >= 4 is 40.7 Å². The Bertz CT molecular complexity index is 1330. The van der Waals surface area contributed by atoms with Crippen LogP contribution in [0.3, 0.4) is 0 Å². The Kier molecular flexibility index (Phi) is 14.7. The van der Waals surface area contributed by atoms with Crippen LogP contribution < -0.4 is 15.4 Å². The summed E-state index contributed by atoms with van der Waals surface area (Å²) in [4.78, 5) is 42.8. The van der Waals surface area contributed by atoms with Gasteiger partial charge in [0.15, 0.2) is 11.2 Å². The second kappa shape index (κ2) is 17.7. The molecule has 0 radical (unpaired) electrons. The van der Waals surface area contributed by atoms with Crippen LogP contribution in [0.2, 0.25) is 0 Å². The van der Waals surface area contributed by atoms with Crippen LogP contribution in [-0.2, 0) is 14.2 Å². The average molecular weight is 666 g/mol. The quantitative estimate of drug-likeness (QED) is 0.0997. The second-order valence-electron chi connectivity index (χ2n) is 13.2. The first-order valence-electron chi connectivity index (χ1n) is 15.6. The number of benzene rings is 1. The van der Waals surface area contributed by atoms with Crippen molar-refractivity contribution in [2.45, 2.75) is 85.4 Å². The summed E-state index contributed by atoms with van der Waals surface area (Å²) in [6.07, 6.45) is 0.723. The molecule has 3 amide bonds. The highest BCUT2D eigenvalue weighted by molar-refractivity contribution is 5.93. The zero-order chi connectivity index (χ0) is 35.4. The molecule has 264 valence electrons. The van der Waals surface area contributed by atoms with Gasteiger partial charge in [0.2, 0.25) is 5.52 Å². The van der Waals surface area contributed by atoms with Gasteiger partial charge in [0.25, 0.3) is 0 Å². The van der Waals surface area contributed by atoms with E-state index in [2.05, 4.69) is 22.2 Å². The maximum Gasteiger partial charge on any atom is 0.414 e. The SMILES string of the molecule is C=C(C)OC(=O)N(CCCCN(CCCN(C)c1ccc([NH+]([O-])O)c2nonc12)C(=O)OC(C)(C)C)CCCNC(=O)OC(C)(C)C. The number of rotatable bonds is 16. The summed E-state index contributed by atoms with van der Waals surface area (Å²) in [5, 5.41) is 30.1. The number of anilines is 1. The van der Waals surface area contributed by atoms with Crippen LogP contribution in [0.15, 0.2) is 29.1 Å². The van der Waals surface area contributed by atoms with Gasteiger partial charge in [-0.3, -0.25) is 0 Å². The van der Waals surface area contributed by atoms with Crippen molar-refractivity contribution in [3.05, 3.63) is 29.7 Å². The molecule has 16 heteroatoms. The lowest BCUT2D eigenvalue weighted by atomic mass is 10.2. The molecule has 0 fully saturated rings. The van der Waals surface area contributed by atoms with Gasteiger partial charge in [-0.25, -0.2) is 24.2 Å². The van der Waals surface area contributed by atoms with Gasteiger partial charge in [0.05, 0.1) is 11.4 Å². The number of nitrogens with one attached hydrogen (secondary N) is 2. The number of alkyl carbamates (subject to hydrolysis) is 1. The molecule has 0 aliphatic carbocycles. The average Bonchev–Trinajstić information content (AvgIpc) is 3.42. The Balaban J connectivity index is 1.97. The summed E-state index contributed by atoms with van der Waals surface area (Å²) < 4.78 is 20.9. The fourth-order valence-electron chi connectivity index (χ4n) is 4.46. The summed E-state index contributed by atoms with van der Waals surface area (Å²) in [5.41, 5.74) is -0.135. The number of amides is 3. The lowest BCUT2D eigenvalue weighted by Crippen LogP contribution is -2.99. The van der Waals surface area contributed by atoms with Crippen molar-refractivity contribution in [1.29, 1.82) is 0 Å². The third-order valence-corrected chi connectivity index (χ3v) is 6.51. The number of nitrogens with zero attached hydrogens (tertiary/aromatic N) is 5. The standard InChI is InChI=1S/C31H51N7O9/c1-22(2)44-28(40)36(20-12-16-32-27(39)45-30(3,4)5)18-10-11-19-37(29(41)46-31(6,7)8)21-13-17-35(9)23-14-15-24(38(42)43)26-25(23)33-47-34-26/h14-15,38,42H,1,10-13,16-21H2,2-9H3,(H,32,39). The molecule has 0 saturated carbocycles. The van der Waals surface area contributed by atoms with E-state index in [1.165, 1.54) is 6.07 Å². The smallest absolute Gasteiger partial charge is 0.414 e. The molecular weight excluding hydrogens is 614 g/mol. The lowest BCUT2D eigenvalue weighted by Gasteiger charge is -2.29. The zero-order valence-corrected chi connectivity index (χ0v) is 28.9. The third kappa shape index (κ3) is 14.0. The number of carbonyl (C=O) groups excluding carboxylic acids is 3. The van der Waals surface area contributed by atoms with Crippen LogP contribution in [-0.4, -0.2) is 101 Å². The number of unbranched alkanes of at least 4 members (excludes halogenated alkanes) is 1. The molecule has 0 aliphatic heterocycles. The van der Waals surface area contributed by atoms with E-state index in [0.29, 0.717) is 76.2 Å².